The third kappa shape index (κ3) is 2.49. The first kappa shape index (κ1) is 10.0. The van der Waals surface area contributed by atoms with Gasteiger partial charge in [-0.2, -0.15) is 0 Å². The SMILES string of the molecule is O=C(OC1CCCC1)C1CCCCC1. The molecule has 0 aromatic rings. The summed E-state index contributed by atoms with van der Waals surface area (Å²) in [5.41, 5.74) is 0. The van der Waals surface area contributed by atoms with Crippen molar-refractivity contribution in [2.45, 2.75) is 63.9 Å². The number of carbonyl (C=O) groups is 1. The summed E-state index contributed by atoms with van der Waals surface area (Å²) >= 11 is 0. The summed E-state index contributed by atoms with van der Waals surface area (Å²) in [6, 6.07) is 0. The predicted octanol–water partition coefficient (Wildman–Crippen LogP) is 3.05. The highest BCUT2D eigenvalue weighted by Gasteiger charge is 2.26. The van der Waals surface area contributed by atoms with Crippen LogP contribution in [0.3, 0.4) is 0 Å². The molecule has 0 unspecified atom stereocenters. The Labute approximate surface area is 86.0 Å². The van der Waals surface area contributed by atoms with Gasteiger partial charge in [0.15, 0.2) is 0 Å². The van der Waals surface area contributed by atoms with Gasteiger partial charge in [0.1, 0.15) is 6.10 Å². The van der Waals surface area contributed by atoms with E-state index in [2.05, 4.69) is 0 Å². The van der Waals surface area contributed by atoms with Crippen molar-refractivity contribution in [2.24, 2.45) is 5.92 Å². The van der Waals surface area contributed by atoms with Crippen LogP contribution < -0.4 is 0 Å². The number of hydrogen-bond acceptors (Lipinski definition) is 2. The van der Waals surface area contributed by atoms with Gasteiger partial charge >= 0.3 is 5.97 Å². The van der Waals surface area contributed by atoms with Crippen molar-refractivity contribution >= 4 is 5.97 Å². The van der Waals surface area contributed by atoms with Gasteiger partial charge in [-0.25, -0.2) is 0 Å². The average molecular weight is 196 g/mol. The van der Waals surface area contributed by atoms with Crippen molar-refractivity contribution in [3.8, 4) is 0 Å². The zero-order valence-electron chi connectivity index (χ0n) is 8.84. The fraction of sp³-hybridized carbons (Fsp3) is 0.917. The lowest BCUT2D eigenvalue weighted by Crippen LogP contribution is -2.24. The Balaban J connectivity index is 1.75. The second kappa shape index (κ2) is 4.81. The third-order valence-corrected chi connectivity index (χ3v) is 3.52. The van der Waals surface area contributed by atoms with Crippen LogP contribution in [-0.4, -0.2) is 12.1 Å². The van der Waals surface area contributed by atoms with E-state index in [0.29, 0.717) is 0 Å². The van der Waals surface area contributed by atoms with Crippen LogP contribution in [0.4, 0.5) is 0 Å². The molecule has 0 aromatic carbocycles. The Morgan fingerprint density at radius 3 is 2.07 bits per heavy atom. The summed E-state index contributed by atoms with van der Waals surface area (Å²) in [5, 5.41) is 0. The monoisotopic (exact) mass is 196 g/mol. The lowest BCUT2D eigenvalue weighted by atomic mass is 9.89. The second-order valence-electron chi connectivity index (χ2n) is 4.68. The van der Waals surface area contributed by atoms with Gasteiger partial charge in [-0.05, 0) is 38.5 Å². The van der Waals surface area contributed by atoms with Crippen LogP contribution in [0.5, 0.6) is 0 Å². The van der Waals surface area contributed by atoms with Crippen molar-refractivity contribution in [3.05, 3.63) is 0 Å². The van der Waals surface area contributed by atoms with Crippen molar-refractivity contribution < 1.29 is 9.53 Å². The molecular formula is C12H20O2. The van der Waals surface area contributed by atoms with E-state index in [1.165, 1.54) is 32.1 Å². The summed E-state index contributed by atoms with van der Waals surface area (Å²) in [6.07, 6.45) is 10.8. The molecule has 80 valence electrons. The largest absolute Gasteiger partial charge is 0.462 e. The number of esters is 1. The van der Waals surface area contributed by atoms with Gasteiger partial charge in [0.05, 0.1) is 5.92 Å². The molecule has 2 aliphatic carbocycles. The summed E-state index contributed by atoms with van der Waals surface area (Å²) < 4.78 is 5.51. The quantitative estimate of drug-likeness (QED) is 0.634. The Hall–Kier alpha value is -0.530. The molecule has 0 radical (unpaired) electrons. The summed E-state index contributed by atoms with van der Waals surface area (Å²) in [7, 11) is 0. The van der Waals surface area contributed by atoms with Crippen molar-refractivity contribution in [2.75, 3.05) is 0 Å². The molecule has 0 saturated heterocycles. The summed E-state index contributed by atoms with van der Waals surface area (Å²) in [6.45, 7) is 0. The number of ether oxygens (including phenoxy) is 1. The average Bonchev–Trinajstić information content (AvgIpc) is 2.72. The molecular weight excluding hydrogens is 176 g/mol. The van der Waals surface area contributed by atoms with Gasteiger partial charge in [-0.1, -0.05) is 19.3 Å². The minimum Gasteiger partial charge on any atom is -0.462 e. The van der Waals surface area contributed by atoms with E-state index >= 15 is 0 Å². The number of hydrogen-bond donors (Lipinski definition) is 0. The number of rotatable bonds is 2. The van der Waals surface area contributed by atoms with Crippen LogP contribution in [0.25, 0.3) is 0 Å². The van der Waals surface area contributed by atoms with Crippen LogP contribution in [-0.2, 0) is 9.53 Å². The zero-order chi connectivity index (χ0) is 9.80. The molecule has 2 aliphatic rings. The van der Waals surface area contributed by atoms with Crippen LogP contribution in [0.15, 0.2) is 0 Å². The maximum absolute atomic E-state index is 11.7. The molecule has 0 N–H and O–H groups in total. The maximum atomic E-state index is 11.7. The molecule has 0 aliphatic heterocycles. The minimum absolute atomic E-state index is 0.0941. The van der Waals surface area contributed by atoms with Crippen LogP contribution in [0.2, 0.25) is 0 Å². The van der Waals surface area contributed by atoms with Gasteiger partial charge in [0.25, 0.3) is 0 Å². The van der Waals surface area contributed by atoms with Gasteiger partial charge in [-0.3, -0.25) is 4.79 Å². The Morgan fingerprint density at radius 2 is 1.43 bits per heavy atom. The maximum Gasteiger partial charge on any atom is 0.309 e. The van der Waals surface area contributed by atoms with E-state index in [0.717, 1.165) is 25.7 Å². The van der Waals surface area contributed by atoms with E-state index in [9.17, 15) is 4.79 Å². The first-order valence-electron chi connectivity index (χ1n) is 6.07. The normalized spacial score (nSPS) is 25.1. The van der Waals surface area contributed by atoms with Crippen molar-refractivity contribution in [1.29, 1.82) is 0 Å². The predicted molar refractivity (Wildman–Crippen MR) is 54.9 cm³/mol. The highest BCUT2D eigenvalue weighted by molar-refractivity contribution is 5.72. The van der Waals surface area contributed by atoms with E-state index in [1.54, 1.807) is 0 Å². The standard InChI is InChI=1S/C12H20O2/c13-12(10-6-2-1-3-7-10)14-11-8-4-5-9-11/h10-11H,1-9H2. The molecule has 0 atom stereocenters. The summed E-state index contributed by atoms with van der Waals surface area (Å²) in [5.74, 6) is 0.320. The van der Waals surface area contributed by atoms with E-state index < -0.39 is 0 Å². The lowest BCUT2D eigenvalue weighted by molar-refractivity contribution is -0.154. The van der Waals surface area contributed by atoms with E-state index in [1.807, 2.05) is 0 Å². The Morgan fingerprint density at radius 1 is 0.857 bits per heavy atom. The van der Waals surface area contributed by atoms with Crippen molar-refractivity contribution in [3.63, 3.8) is 0 Å². The van der Waals surface area contributed by atoms with Crippen LogP contribution in [0, 0.1) is 5.92 Å². The zero-order valence-corrected chi connectivity index (χ0v) is 8.84. The first-order chi connectivity index (χ1) is 6.86. The summed E-state index contributed by atoms with van der Waals surface area (Å²) in [4.78, 5) is 11.7. The third-order valence-electron chi connectivity index (χ3n) is 3.52. The molecule has 0 bridgehead atoms. The van der Waals surface area contributed by atoms with Gasteiger partial charge < -0.3 is 4.74 Å². The molecule has 0 spiro atoms. The highest BCUT2D eigenvalue weighted by Crippen LogP contribution is 2.27. The molecule has 2 nitrogen and oxygen atoms in total. The highest BCUT2D eigenvalue weighted by atomic mass is 16.5. The van der Waals surface area contributed by atoms with E-state index in [4.69, 9.17) is 4.74 Å². The Kier molecular flexibility index (Phi) is 3.44. The number of carbonyl (C=O) groups excluding carboxylic acids is 1. The molecule has 2 fully saturated rings. The van der Waals surface area contributed by atoms with Gasteiger partial charge in [0, 0.05) is 0 Å². The molecule has 14 heavy (non-hydrogen) atoms. The second-order valence-corrected chi connectivity index (χ2v) is 4.68. The first-order valence-corrected chi connectivity index (χ1v) is 6.07. The molecule has 2 rings (SSSR count). The fourth-order valence-electron chi connectivity index (χ4n) is 2.60. The molecule has 0 heterocycles. The van der Waals surface area contributed by atoms with Crippen LogP contribution >= 0.6 is 0 Å². The Bertz CT molecular complexity index is 188. The van der Waals surface area contributed by atoms with Crippen LogP contribution in [0.1, 0.15) is 57.8 Å². The smallest absolute Gasteiger partial charge is 0.309 e. The molecule has 2 heteroatoms. The fourth-order valence-corrected chi connectivity index (χ4v) is 2.60. The molecule has 0 amide bonds. The van der Waals surface area contributed by atoms with Gasteiger partial charge in [-0.15, -0.1) is 0 Å². The van der Waals surface area contributed by atoms with Crippen molar-refractivity contribution in [1.82, 2.24) is 0 Å². The lowest BCUT2D eigenvalue weighted by Gasteiger charge is -2.22. The molecule has 2 saturated carbocycles. The topological polar surface area (TPSA) is 26.3 Å². The minimum atomic E-state index is 0.0941. The van der Waals surface area contributed by atoms with E-state index in [-0.39, 0.29) is 18.0 Å². The molecule has 0 aromatic heterocycles. The van der Waals surface area contributed by atoms with Gasteiger partial charge in [0.2, 0.25) is 0 Å².